The lowest BCUT2D eigenvalue weighted by Crippen LogP contribution is -2.84. The highest BCUT2D eigenvalue weighted by molar-refractivity contribution is 5.05. The molecule has 0 atom stereocenters. The molecular formula is C43H94N3+3. The highest BCUT2D eigenvalue weighted by atomic mass is 15.5. The van der Waals surface area contributed by atoms with Crippen LogP contribution >= 0.6 is 0 Å². The summed E-state index contributed by atoms with van der Waals surface area (Å²) in [5.41, 5.74) is 3.81. The van der Waals surface area contributed by atoms with Gasteiger partial charge in [-0.1, -0.05) is 69.7 Å². The number of rotatable bonds is 3. The summed E-state index contributed by atoms with van der Waals surface area (Å²) in [5, 5.41) is 0. The van der Waals surface area contributed by atoms with Crippen LogP contribution in [0.3, 0.4) is 0 Å². The molecule has 3 heterocycles. The van der Waals surface area contributed by atoms with Crippen molar-refractivity contribution in [3.8, 4) is 0 Å². The summed E-state index contributed by atoms with van der Waals surface area (Å²) in [4.78, 5) is 0. The molecule has 0 N–H and O–H groups in total. The minimum Gasteiger partial charge on any atom is -0.319 e. The predicted molar refractivity (Wildman–Crippen MR) is 210 cm³/mol. The zero-order valence-electron chi connectivity index (χ0n) is 36.7. The number of quaternary nitrogens is 3. The zero-order chi connectivity index (χ0) is 36.9. The van der Waals surface area contributed by atoms with Crippen molar-refractivity contribution < 1.29 is 13.4 Å². The van der Waals surface area contributed by atoms with Crippen LogP contribution in [0.5, 0.6) is 0 Å². The van der Waals surface area contributed by atoms with Gasteiger partial charge in [0, 0.05) is 0 Å². The molecule has 0 spiro atoms. The maximum absolute atomic E-state index is 2.43. The molecule has 0 aliphatic carbocycles. The van der Waals surface area contributed by atoms with E-state index < -0.39 is 0 Å². The molecule has 3 aliphatic heterocycles. The van der Waals surface area contributed by atoms with Crippen molar-refractivity contribution in [1.82, 2.24) is 0 Å². The van der Waals surface area contributed by atoms with Crippen LogP contribution in [-0.4, -0.2) is 89.0 Å². The summed E-state index contributed by atoms with van der Waals surface area (Å²) in [6.07, 6.45) is 3.98. The third-order valence-corrected chi connectivity index (χ3v) is 16.2. The van der Waals surface area contributed by atoms with Crippen molar-refractivity contribution in [1.29, 1.82) is 0 Å². The van der Waals surface area contributed by atoms with Crippen LogP contribution in [-0.2, 0) is 0 Å². The maximum atomic E-state index is 2.43. The first-order chi connectivity index (χ1) is 19.0. The topological polar surface area (TPSA) is 0 Å². The summed E-state index contributed by atoms with van der Waals surface area (Å²) >= 11 is 0. The fourth-order valence-corrected chi connectivity index (χ4v) is 10.3. The Kier molecular flexibility index (Phi) is 12.2. The standard InChI is InChI=1S/3C14H30N.CH4/c3*1-12(2,3)10-11-13(4,5)15(8,9)14(11,6)7;/h3*11H,10H2,1-9H3;1H4/q3*+1;. The van der Waals surface area contributed by atoms with Gasteiger partial charge in [0.05, 0.1) is 60.0 Å². The SMILES string of the molecule is C.CC(C)(C)CC1C(C)(C)[N+](C)(C)C1(C)C.CC(C)(C)CC1C(C)(C)[N+](C)(C)C1(C)C.CC(C)(C)CC1C(C)(C)[N+](C)(C)C1(C)C. The highest BCUT2D eigenvalue weighted by Crippen LogP contribution is 2.59. The van der Waals surface area contributed by atoms with E-state index in [1.165, 1.54) is 19.3 Å². The third-order valence-electron chi connectivity index (χ3n) is 16.2. The molecule has 0 bridgehead atoms. The highest BCUT2D eigenvalue weighted by Gasteiger charge is 2.71. The van der Waals surface area contributed by atoms with E-state index in [-0.39, 0.29) is 7.43 Å². The lowest BCUT2D eigenvalue weighted by Gasteiger charge is -2.71. The van der Waals surface area contributed by atoms with Gasteiger partial charge in [0.1, 0.15) is 33.2 Å². The Bertz CT molecular complexity index is 838. The van der Waals surface area contributed by atoms with E-state index in [0.29, 0.717) is 49.5 Å². The molecule has 0 amide bonds. The smallest absolute Gasteiger partial charge is 0.102 e. The van der Waals surface area contributed by atoms with Gasteiger partial charge in [0.15, 0.2) is 0 Å². The molecule has 0 aromatic rings. The number of nitrogens with zero attached hydrogens (tertiary/aromatic N) is 3. The molecule has 3 saturated heterocycles. The molecule has 0 saturated carbocycles. The molecule has 46 heavy (non-hydrogen) atoms. The first-order valence-electron chi connectivity index (χ1n) is 18.5. The first-order valence-corrected chi connectivity index (χ1v) is 18.5. The molecule has 0 unspecified atom stereocenters. The second-order valence-electron chi connectivity index (χ2n) is 24.2. The van der Waals surface area contributed by atoms with Gasteiger partial charge in [-0.25, -0.2) is 0 Å². The number of hydrogen-bond donors (Lipinski definition) is 0. The van der Waals surface area contributed by atoms with Crippen molar-refractivity contribution in [3.63, 3.8) is 0 Å². The number of likely N-dealkylation sites (tertiary alicyclic amines) is 3. The van der Waals surface area contributed by atoms with Crippen molar-refractivity contribution in [2.75, 3.05) is 42.3 Å². The monoisotopic (exact) mass is 653 g/mol. The normalized spacial score (nSPS) is 28.0. The first kappa shape index (κ1) is 45.9. The second kappa shape index (κ2) is 12.3. The molecule has 3 heteroatoms. The van der Waals surface area contributed by atoms with Crippen molar-refractivity contribution >= 4 is 0 Å². The van der Waals surface area contributed by atoms with Crippen LogP contribution in [0.1, 0.15) is 172 Å². The molecular weight excluding hydrogens is 558 g/mol. The average molecular weight is 653 g/mol. The Morgan fingerprint density at radius 2 is 0.435 bits per heavy atom. The molecule has 3 nitrogen and oxygen atoms in total. The number of hydrogen-bond acceptors (Lipinski definition) is 0. The van der Waals surface area contributed by atoms with Crippen LogP contribution in [0.15, 0.2) is 0 Å². The quantitative estimate of drug-likeness (QED) is 0.266. The molecule has 0 aromatic heterocycles. The van der Waals surface area contributed by atoms with Crippen LogP contribution in [0.2, 0.25) is 0 Å². The summed E-state index contributed by atoms with van der Waals surface area (Å²) in [6.45, 7) is 50.3. The van der Waals surface area contributed by atoms with Gasteiger partial charge in [-0.2, -0.15) is 0 Å². The zero-order valence-corrected chi connectivity index (χ0v) is 36.7. The molecule has 3 rings (SSSR count). The van der Waals surface area contributed by atoms with E-state index in [9.17, 15) is 0 Å². The maximum Gasteiger partial charge on any atom is 0.102 e. The molecule has 3 aliphatic rings. The van der Waals surface area contributed by atoms with E-state index in [0.717, 1.165) is 31.2 Å². The second-order valence-corrected chi connectivity index (χ2v) is 24.2. The van der Waals surface area contributed by atoms with E-state index >= 15 is 0 Å². The largest absolute Gasteiger partial charge is 0.319 e. The Hall–Kier alpha value is -0.120. The molecule has 0 radical (unpaired) electrons. The van der Waals surface area contributed by atoms with Gasteiger partial charge in [-0.15, -0.1) is 0 Å². The van der Waals surface area contributed by atoms with Crippen LogP contribution in [0.4, 0.5) is 0 Å². The fraction of sp³-hybridized carbons (Fsp3) is 1.00. The molecule has 0 aromatic carbocycles. The summed E-state index contributed by atoms with van der Waals surface area (Å²) < 4.78 is 3.42. The van der Waals surface area contributed by atoms with Crippen LogP contribution < -0.4 is 0 Å². The average Bonchev–Trinajstić information content (AvgIpc) is 2.77. The van der Waals surface area contributed by atoms with Crippen molar-refractivity contribution in [2.45, 2.75) is 205 Å². The van der Waals surface area contributed by atoms with E-state index in [1.807, 2.05) is 0 Å². The van der Waals surface area contributed by atoms with Gasteiger partial charge in [-0.3, -0.25) is 0 Å². The minimum atomic E-state index is 0. The molecule has 3 fully saturated rings. The van der Waals surface area contributed by atoms with Gasteiger partial charge in [-0.05, 0) is 119 Å². The van der Waals surface area contributed by atoms with Crippen molar-refractivity contribution in [2.24, 2.45) is 34.0 Å². The van der Waals surface area contributed by atoms with E-state index in [4.69, 9.17) is 0 Å². The summed E-state index contributed by atoms with van der Waals surface area (Å²) in [7, 11) is 14.2. The Morgan fingerprint density at radius 3 is 0.522 bits per heavy atom. The fourth-order valence-electron chi connectivity index (χ4n) is 10.3. The van der Waals surface area contributed by atoms with Gasteiger partial charge in [0.25, 0.3) is 0 Å². The molecule has 278 valence electrons. The third kappa shape index (κ3) is 7.33. The Morgan fingerprint density at radius 1 is 0.326 bits per heavy atom. The summed E-state index contributed by atoms with van der Waals surface area (Å²) in [5.74, 6) is 2.46. The van der Waals surface area contributed by atoms with Crippen LogP contribution in [0.25, 0.3) is 0 Å². The lowest BCUT2D eigenvalue weighted by atomic mass is 9.56. The van der Waals surface area contributed by atoms with E-state index in [1.54, 1.807) is 0 Å². The van der Waals surface area contributed by atoms with Crippen LogP contribution in [0, 0.1) is 34.0 Å². The Labute approximate surface area is 294 Å². The van der Waals surface area contributed by atoms with Gasteiger partial charge < -0.3 is 13.4 Å². The lowest BCUT2D eigenvalue weighted by molar-refractivity contribution is -1.04. The van der Waals surface area contributed by atoms with Crippen molar-refractivity contribution in [3.05, 3.63) is 0 Å². The summed E-state index contributed by atoms with van der Waals surface area (Å²) in [6, 6.07) is 0. The van der Waals surface area contributed by atoms with Gasteiger partial charge in [0.2, 0.25) is 0 Å². The predicted octanol–water partition coefficient (Wildman–Crippen LogP) is 11.7. The Balaban J connectivity index is 0.000000653. The van der Waals surface area contributed by atoms with E-state index in [2.05, 4.69) is 188 Å². The van der Waals surface area contributed by atoms with Gasteiger partial charge >= 0.3 is 0 Å². The minimum absolute atomic E-state index is 0.